The number of hydrogen-bond donors (Lipinski definition) is 0. The first kappa shape index (κ1) is 22.6. The Balaban J connectivity index is 1.15. The molecule has 0 saturated carbocycles. The number of thioether (sulfide) groups is 1. The molecular weight excluding hydrogens is 442 g/mol. The van der Waals surface area contributed by atoms with Gasteiger partial charge in [-0.1, -0.05) is 78.0 Å². The van der Waals surface area contributed by atoms with E-state index in [1.807, 2.05) is 28.6 Å². The molecule has 174 valence electrons. The Morgan fingerprint density at radius 2 is 1.71 bits per heavy atom. The maximum atomic E-state index is 12.9. The van der Waals surface area contributed by atoms with E-state index in [0.29, 0.717) is 5.75 Å². The van der Waals surface area contributed by atoms with Crippen LogP contribution in [0.1, 0.15) is 11.1 Å². The summed E-state index contributed by atoms with van der Waals surface area (Å²) in [5.74, 6) is 1.36. The maximum Gasteiger partial charge on any atom is 0.233 e. The van der Waals surface area contributed by atoms with Gasteiger partial charge in [-0.25, -0.2) is 0 Å². The molecule has 1 aliphatic rings. The summed E-state index contributed by atoms with van der Waals surface area (Å²) in [6, 6.07) is 23.3. The summed E-state index contributed by atoms with van der Waals surface area (Å²) in [7, 11) is 1.95. The van der Waals surface area contributed by atoms with Crippen LogP contribution in [0.15, 0.2) is 71.9 Å². The van der Waals surface area contributed by atoms with Gasteiger partial charge in [-0.15, -0.1) is 10.2 Å². The van der Waals surface area contributed by atoms with Crippen LogP contribution < -0.4 is 0 Å². The molecule has 0 bridgehead atoms. The lowest BCUT2D eigenvalue weighted by molar-refractivity contribution is -0.130. The third-order valence-electron chi connectivity index (χ3n) is 6.43. The summed E-state index contributed by atoms with van der Waals surface area (Å²) in [5, 5.41) is 12.0. The van der Waals surface area contributed by atoms with Gasteiger partial charge >= 0.3 is 0 Å². The van der Waals surface area contributed by atoms with Gasteiger partial charge in [-0.3, -0.25) is 9.69 Å². The van der Waals surface area contributed by atoms with Crippen molar-refractivity contribution in [3.8, 4) is 11.4 Å². The van der Waals surface area contributed by atoms with Crippen molar-refractivity contribution in [1.29, 1.82) is 0 Å². The second-order valence-corrected chi connectivity index (χ2v) is 9.76. The Morgan fingerprint density at radius 1 is 0.941 bits per heavy atom. The Bertz CT molecular complexity index is 1300. The highest BCUT2D eigenvalue weighted by Crippen LogP contribution is 2.24. The molecule has 0 N–H and O–H groups in total. The maximum absolute atomic E-state index is 12.9. The summed E-state index contributed by atoms with van der Waals surface area (Å²) in [6.07, 6.45) is 0. The van der Waals surface area contributed by atoms with E-state index in [1.54, 1.807) is 0 Å². The fourth-order valence-corrected chi connectivity index (χ4v) is 5.33. The van der Waals surface area contributed by atoms with Crippen LogP contribution in [0.4, 0.5) is 0 Å². The van der Waals surface area contributed by atoms with Crippen molar-refractivity contribution in [2.24, 2.45) is 7.05 Å². The van der Waals surface area contributed by atoms with Crippen molar-refractivity contribution >= 4 is 28.4 Å². The Morgan fingerprint density at radius 3 is 2.53 bits per heavy atom. The van der Waals surface area contributed by atoms with Gasteiger partial charge < -0.3 is 9.47 Å². The molecular formula is C27H29N5OS. The van der Waals surface area contributed by atoms with Crippen molar-refractivity contribution in [3.63, 3.8) is 0 Å². The molecule has 3 aromatic carbocycles. The zero-order chi connectivity index (χ0) is 23.5. The number of nitrogens with zero attached hydrogens (tertiary/aromatic N) is 5. The van der Waals surface area contributed by atoms with Crippen molar-refractivity contribution in [2.75, 3.05) is 31.9 Å². The van der Waals surface area contributed by atoms with E-state index in [-0.39, 0.29) is 5.91 Å². The molecule has 6 nitrogen and oxygen atoms in total. The van der Waals surface area contributed by atoms with E-state index >= 15 is 0 Å². The van der Waals surface area contributed by atoms with Gasteiger partial charge in [0.1, 0.15) is 0 Å². The molecule has 1 amide bonds. The third-order valence-corrected chi connectivity index (χ3v) is 7.44. The summed E-state index contributed by atoms with van der Waals surface area (Å²) < 4.78 is 1.97. The smallest absolute Gasteiger partial charge is 0.233 e. The van der Waals surface area contributed by atoms with Crippen LogP contribution in [0, 0.1) is 6.92 Å². The monoisotopic (exact) mass is 471 g/mol. The van der Waals surface area contributed by atoms with Crippen molar-refractivity contribution in [3.05, 3.63) is 77.9 Å². The van der Waals surface area contributed by atoms with Crippen molar-refractivity contribution in [1.82, 2.24) is 24.6 Å². The molecule has 7 heteroatoms. The van der Waals surface area contributed by atoms with Crippen LogP contribution >= 0.6 is 11.8 Å². The van der Waals surface area contributed by atoms with E-state index in [2.05, 4.69) is 76.6 Å². The molecule has 5 rings (SSSR count). The lowest BCUT2D eigenvalue weighted by atomic mass is 10.0. The third kappa shape index (κ3) is 4.86. The number of benzene rings is 3. The highest BCUT2D eigenvalue weighted by molar-refractivity contribution is 7.99. The van der Waals surface area contributed by atoms with Gasteiger partial charge in [0.05, 0.1) is 5.75 Å². The molecule has 0 spiro atoms. The van der Waals surface area contributed by atoms with E-state index < -0.39 is 0 Å². The number of aromatic nitrogens is 3. The van der Waals surface area contributed by atoms with Crippen molar-refractivity contribution in [2.45, 2.75) is 18.6 Å². The standard InChI is InChI=1S/C27H29N5OS/c1-20-7-5-10-22(17-20)26-28-29-27(30(26)2)34-19-25(33)32-15-13-31(14-16-32)18-23-11-6-9-21-8-3-4-12-24(21)23/h3-12,17H,13-16,18-19H2,1-2H3. The van der Waals surface area contributed by atoms with Gasteiger partial charge in [-0.2, -0.15) is 0 Å². The average molecular weight is 472 g/mol. The van der Waals surface area contributed by atoms with Gasteiger partial charge in [0, 0.05) is 45.3 Å². The van der Waals surface area contributed by atoms with Gasteiger partial charge in [0.25, 0.3) is 0 Å². The normalized spacial score (nSPS) is 14.6. The first-order valence-corrected chi connectivity index (χ1v) is 12.6. The average Bonchev–Trinajstić information content (AvgIpc) is 3.23. The van der Waals surface area contributed by atoms with Gasteiger partial charge in [0.15, 0.2) is 11.0 Å². The predicted octanol–water partition coefficient (Wildman–Crippen LogP) is 4.38. The van der Waals surface area contributed by atoms with E-state index in [4.69, 9.17) is 0 Å². The van der Waals surface area contributed by atoms with Crippen LogP contribution in [-0.4, -0.2) is 62.4 Å². The largest absolute Gasteiger partial charge is 0.339 e. The highest BCUT2D eigenvalue weighted by Gasteiger charge is 2.22. The molecule has 1 fully saturated rings. The Hall–Kier alpha value is -3.16. The molecule has 4 aromatic rings. The second-order valence-electron chi connectivity index (χ2n) is 8.82. The fourth-order valence-electron chi connectivity index (χ4n) is 4.52. The van der Waals surface area contributed by atoms with Crippen LogP contribution in [0.25, 0.3) is 22.2 Å². The predicted molar refractivity (Wildman–Crippen MR) is 138 cm³/mol. The summed E-state index contributed by atoms with van der Waals surface area (Å²) in [4.78, 5) is 17.3. The van der Waals surface area contributed by atoms with Crippen LogP contribution in [0.2, 0.25) is 0 Å². The number of piperazine rings is 1. The highest BCUT2D eigenvalue weighted by atomic mass is 32.2. The van der Waals surface area contributed by atoms with E-state index in [9.17, 15) is 4.79 Å². The second kappa shape index (κ2) is 9.99. The number of aryl methyl sites for hydroxylation is 1. The summed E-state index contributed by atoms with van der Waals surface area (Å²) >= 11 is 1.46. The lowest BCUT2D eigenvalue weighted by Crippen LogP contribution is -2.48. The van der Waals surface area contributed by atoms with Gasteiger partial charge in [0.2, 0.25) is 5.91 Å². The topological polar surface area (TPSA) is 54.3 Å². The minimum atomic E-state index is 0.162. The number of carbonyl (C=O) groups excluding carboxylic acids is 1. The molecule has 0 atom stereocenters. The minimum absolute atomic E-state index is 0.162. The zero-order valence-corrected chi connectivity index (χ0v) is 20.5. The minimum Gasteiger partial charge on any atom is -0.339 e. The number of amides is 1. The fraction of sp³-hybridized carbons (Fsp3) is 0.296. The van der Waals surface area contributed by atoms with E-state index in [0.717, 1.165) is 49.3 Å². The quantitative estimate of drug-likeness (QED) is 0.391. The molecule has 34 heavy (non-hydrogen) atoms. The van der Waals surface area contributed by atoms with Crippen molar-refractivity contribution < 1.29 is 4.79 Å². The molecule has 0 aliphatic carbocycles. The Kier molecular flexibility index (Phi) is 6.65. The van der Waals surface area contributed by atoms with Crippen LogP contribution in [-0.2, 0) is 18.4 Å². The number of fused-ring (bicyclic) bond motifs is 1. The van der Waals surface area contributed by atoms with Gasteiger partial charge in [-0.05, 0) is 29.3 Å². The number of hydrogen-bond acceptors (Lipinski definition) is 5. The lowest BCUT2D eigenvalue weighted by Gasteiger charge is -2.35. The molecule has 0 radical (unpaired) electrons. The summed E-state index contributed by atoms with van der Waals surface area (Å²) in [6.45, 7) is 6.28. The SMILES string of the molecule is Cc1cccc(-c2nnc(SCC(=O)N3CCN(Cc4cccc5ccccc45)CC3)n2C)c1. The number of carbonyl (C=O) groups is 1. The molecule has 0 unspecified atom stereocenters. The first-order valence-electron chi connectivity index (χ1n) is 11.6. The first-order chi connectivity index (χ1) is 16.6. The Labute approximate surface area is 204 Å². The number of rotatable bonds is 6. The van der Waals surface area contributed by atoms with Crippen LogP contribution in [0.3, 0.4) is 0 Å². The molecule has 1 aromatic heterocycles. The summed E-state index contributed by atoms with van der Waals surface area (Å²) in [5.41, 5.74) is 3.57. The van der Waals surface area contributed by atoms with Crippen LogP contribution in [0.5, 0.6) is 0 Å². The zero-order valence-electron chi connectivity index (χ0n) is 19.6. The molecule has 1 aliphatic heterocycles. The molecule has 2 heterocycles. The van der Waals surface area contributed by atoms with E-state index in [1.165, 1.54) is 33.7 Å². The molecule has 1 saturated heterocycles.